The summed E-state index contributed by atoms with van der Waals surface area (Å²) >= 11 is 10.8. The third-order valence-electron chi connectivity index (χ3n) is 3.45. The molecule has 2 rings (SSSR count). The summed E-state index contributed by atoms with van der Waals surface area (Å²) in [5, 5.41) is 12.5. The number of nitrogens with one attached hydrogen (secondary N) is 1. The minimum atomic E-state index is -1.33. The SMILES string of the molecule is Nc1ccc(-c2ccc([C@@H](O)[C@@H](CF)NC(=O)C(Cl)Cl)cc2)cn1. The number of nitrogens with two attached hydrogens (primary N) is 1. The van der Waals surface area contributed by atoms with Crippen LogP contribution in [0.4, 0.5) is 10.2 Å². The molecular formula is C16H16Cl2FN3O2. The molecular weight excluding hydrogens is 356 g/mol. The molecule has 1 amide bonds. The molecule has 1 aromatic carbocycles. The molecule has 24 heavy (non-hydrogen) atoms. The number of alkyl halides is 3. The van der Waals surface area contributed by atoms with Crippen molar-refractivity contribution < 1.29 is 14.3 Å². The second kappa shape index (κ2) is 8.28. The van der Waals surface area contributed by atoms with Gasteiger partial charge in [0.25, 0.3) is 5.91 Å². The van der Waals surface area contributed by atoms with Gasteiger partial charge in [-0.3, -0.25) is 4.79 Å². The Balaban J connectivity index is 2.13. The van der Waals surface area contributed by atoms with Gasteiger partial charge in [-0.15, -0.1) is 0 Å². The zero-order valence-electron chi connectivity index (χ0n) is 12.5. The molecule has 0 unspecified atom stereocenters. The molecule has 2 aromatic rings. The molecule has 8 heteroatoms. The van der Waals surface area contributed by atoms with Gasteiger partial charge in [0.15, 0.2) is 4.84 Å². The molecule has 128 valence electrons. The van der Waals surface area contributed by atoms with Gasteiger partial charge in [-0.1, -0.05) is 47.5 Å². The Hall–Kier alpha value is -1.89. The number of aromatic nitrogens is 1. The lowest BCUT2D eigenvalue weighted by Crippen LogP contribution is -2.43. The van der Waals surface area contributed by atoms with E-state index in [2.05, 4.69) is 10.3 Å². The fraction of sp³-hybridized carbons (Fsp3) is 0.250. The fourth-order valence-electron chi connectivity index (χ4n) is 2.13. The molecule has 1 heterocycles. The number of nitrogens with zero attached hydrogens (tertiary/aromatic N) is 1. The van der Waals surface area contributed by atoms with Crippen molar-refractivity contribution in [3.63, 3.8) is 0 Å². The minimum absolute atomic E-state index is 0.421. The van der Waals surface area contributed by atoms with E-state index < -0.39 is 29.6 Å². The second-order valence-electron chi connectivity index (χ2n) is 5.11. The quantitative estimate of drug-likeness (QED) is 0.681. The predicted octanol–water partition coefficient (Wildman–Crippen LogP) is 2.62. The summed E-state index contributed by atoms with van der Waals surface area (Å²) in [7, 11) is 0. The molecule has 2 atom stereocenters. The number of aliphatic hydroxyl groups is 1. The monoisotopic (exact) mass is 371 g/mol. The number of amides is 1. The Morgan fingerprint density at radius 3 is 2.33 bits per heavy atom. The predicted molar refractivity (Wildman–Crippen MR) is 92.4 cm³/mol. The Morgan fingerprint density at radius 2 is 1.83 bits per heavy atom. The normalized spacial score (nSPS) is 13.5. The Labute approximate surface area is 148 Å². The molecule has 0 spiro atoms. The highest BCUT2D eigenvalue weighted by molar-refractivity contribution is 6.53. The molecule has 0 saturated heterocycles. The average Bonchev–Trinajstić information content (AvgIpc) is 2.59. The van der Waals surface area contributed by atoms with Crippen LogP contribution in [0.25, 0.3) is 11.1 Å². The molecule has 0 fully saturated rings. The Morgan fingerprint density at radius 1 is 1.21 bits per heavy atom. The Bertz CT molecular complexity index is 681. The van der Waals surface area contributed by atoms with Gasteiger partial charge >= 0.3 is 0 Å². The van der Waals surface area contributed by atoms with Crippen LogP contribution in [0, 0.1) is 0 Å². The number of carbonyl (C=O) groups is 1. The maximum atomic E-state index is 13.1. The highest BCUT2D eigenvalue weighted by Gasteiger charge is 2.25. The number of benzene rings is 1. The van der Waals surface area contributed by atoms with Crippen LogP contribution in [0.5, 0.6) is 0 Å². The first-order valence-corrected chi connectivity index (χ1v) is 7.94. The first-order valence-electron chi connectivity index (χ1n) is 7.06. The van der Waals surface area contributed by atoms with Gasteiger partial charge in [-0.05, 0) is 23.3 Å². The van der Waals surface area contributed by atoms with E-state index in [1.807, 2.05) is 6.07 Å². The first kappa shape index (κ1) is 18.4. The van der Waals surface area contributed by atoms with Crippen molar-refractivity contribution in [3.05, 3.63) is 48.2 Å². The van der Waals surface area contributed by atoms with E-state index >= 15 is 0 Å². The third kappa shape index (κ3) is 4.56. The molecule has 4 N–H and O–H groups in total. The number of anilines is 1. The van der Waals surface area contributed by atoms with Gasteiger partial charge < -0.3 is 16.2 Å². The van der Waals surface area contributed by atoms with Crippen molar-refractivity contribution in [1.82, 2.24) is 10.3 Å². The van der Waals surface area contributed by atoms with Gasteiger partial charge in [-0.2, -0.15) is 0 Å². The van der Waals surface area contributed by atoms with E-state index in [-0.39, 0.29) is 0 Å². The standard InChI is InChI=1S/C16H16Cl2FN3O2/c17-15(18)16(24)22-12(7-19)14(23)10-3-1-9(2-4-10)11-5-6-13(20)21-8-11/h1-6,8,12,14-15,23H,7H2,(H2,20,21)(H,22,24)/t12-,14-/m1/s1. The smallest absolute Gasteiger partial charge is 0.253 e. The lowest BCUT2D eigenvalue weighted by Gasteiger charge is -2.22. The van der Waals surface area contributed by atoms with E-state index in [1.165, 1.54) is 0 Å². The van der Waals surface area contributed by atoms with Gasteiger partial charge in [0.05, 0.1) is 6.04 Å². The van der Waals surface area contributed by atoms with E-state index in [1.54, 1.807) is 36.5 Å². The number of nitrogen functional groups attached to an aromatic ring is 1. The van der Waals surface area contributed by atoms with Crippen molar-refractivity contribution in [3.8, 4) is 11.1 Å². The second-order valence-corrected chi connectivity index (χ2v) is 6.20. The van der Waals surface area contributed by atoms with Crippen molar-refractivity contribution >= 4 is 34.9 Å². The first-order chi connectivity index (χ1) is 11.4. The molecule has 0 aliphatic heterocycles. The van der Waals surface area contributed by atoms with Crippen LogP contribution in [0.3, 0.4) is 0 Å². The lowest BCUT2D eigenvalue weighted by atomic mass is 9.99. The molecule has 0 bridgehead atoms. The van der Waals surface area contributed by atoms with Crippen molar-refractivity contribution in [2.75, 3.05) is 12.4 Å². The summed E-state index contributed by atoms with van der Waals surface area (Å²) in [6.07, 6.45) is 0.400. The summed E-state index contributed by atoms with van der Waals surface area (Å²) in [6.45, 7) is -0.961. The number of rotatable bonds is 6. The van der Waals surface area contributed by atoms with E-state index in [9.17, 15) is 14.3 Å². The van der Waals surface area contributed by atoms with Crippen molar-refractivity contribution in [2.24, 2.45) is 0 Å². The zero-order valence-corrected chi connectivity index (χ0v) is 14.0. The fourth-order valence-corrected chi connectivity index (χ4v) is 2.25. The third-order valence-corrected chi connectivity index (χ3v) is 3.84. The molecule has 0 saturated carbocycles. The van der Waals surface area contributed by atoms with Crippen LogP contribution in [-0.2, 0) is 4.79 Å². The van der Waals surface area contributed by atoms with Gasteiger partial charge in [0.2, 0.25) is 0 Å². The number of pyridine rings is 1. The Kier molecular flexibility index (Phi) is 6.36. The van der Waals surface area contributed by atoms with Crippen LogP contribution < -0.4 is 11.1 Å². The minimum Gasteiger partial charge on any atom is -0.386 e. The lowest BCUT2D eigenvalue weighted by molar-refractivity contribution is -0.121. The van der Waals surface area contributed by atoms with E-state index in [0.29, 0.717) is 11.4 Å². The van der Waals surface area contributed by atoms with Gasteiger partial charge in [0, 0.05) is 11.8 Å². The molecule has 5 nitrogen and oxygen atoms in total. The van der Waals surface area contributed by atoms with Crippen LogP contribution in [-0.4, -0.2) is 33.6 Å². The number of hydrogen-bond acceptors (Lipinski definition) is 4. The summed E-state index contributed by atoms with van der Waals surface area (Å²) in [5.41, 5.74) is 7.71. The zero-order chi connectivity index (χ0) is 17.7. The summed E-state index contributed by atoms with van der Waals surface area (Å²) < 4.78 is 13.1. The summed E-state index contributed by atoms with van der Waals surface area (Å²) in [6, 6.07) is 9.17. The maximum absolute atomic E-state index is 13.1. The number of halogens is 3. The number of aliphatic hydroxyl groups excluding tert-OH is 1. The van der Waals surface area contributed by atoms with Crippen molar-refractivity contribution in [1.29, 1.82) is 0 Å². The van der Waals surface area contributed by atoms with Crippen LogP contribution in [0.2, 0.25) is 0 Å². The van der Waals surface area contributed by atoms with E-state index in [0.717, 1.165) is 11.1 Å². The van der Waals surface area contributed by atoms with Crippen molar-refractivity contribution in [2.45, 2.75) is 17.0 Å². The molecule has 0 radical (unpaired) electrons. The average molecular weight is 372 g/mol. The molecule has 1 aromatic heterocycles. The van der Waals surface area contributed by atoms with Gasteiger partial charge in [0.1, 0.15) is 18.6 Å². The highest BCUT2D eigenvalue weighted by atomic mass is 35.5. The summed E-state index contributed by atoms with van der Waals surface area (Å²) in [5.74, 6) is -0.339. The van der Waals surface area contributed by atoms with E-state index in [4.69, 9.17) is 28.9 Å². The van der Waals surface area contributed by atoms with Crippen LogP contribution in [0.1, 0.15) is 11.7 Å². The van der Waals surface area contributed by atoms with Crippen LogP contribution >= 0.6 is 23.2 Å². The van der Waals surface area contributed by atoms with Gasteiger partial charge in [-0.25, -0.2) is 9.37 Å². The topological polar surface area (TPSA) is 88.2 Å². The largest absolute Gasteiger partial charge is 0.386 e. The molecule has 0 aliphatic carbocycles. The highest BCUT2D eigenvalue weighted by Crippen LogP contribution is 2.24. The summed E-state index contributed by atoms with van der Waals surface area (Å²) in [4.78, 5) is 14.1. The maximum Gasteiger partial charge on any atom is 0.253 e. The number of hydrogen-bond donors (Lipinski definition) is 3. The van der Waals surface area contributed by atoms with Crippen LogP contribution in [0.15, 0.2) is 42.6 Å². The number of carbonyl (C=O) groups excluding carboxylic acids is 1. The molecule has 0 aliphatic rings.